The van der Waals surface area contributed by atoms with E-state index in [1.165, 1.54) is 43.5 Å². The van der Waals surface area contributed by atoms with Crippen LogP contribution in [0.5, 0.6) is 0 Å². The molecule has 182 valence electrons. The van der Waals surface area contributed by atoms with Gasteiger partial charge in [0.1, 0.15) is 6.04 Å². The summed E-state index contributed by atoms with van der Waals surface area (Å²) in [6.45, 7) is 3.38. The maximum absolute atomic E-state index is 13.4. The third kappa shape index (κ3) is 4.81. The Hall–Kier alpha value is -2.87. The number of benzene rings is 1. The third-order valence-corrected chi connectivity index (χ3v) is 8.07. The van der Waals surface area contributed by atoms with E-state index >= 15 is 0 Å². The van der Waals surface area contributed by atoms with Crippen molar-refractivity contribution in [2.45, 2.75) is 63.1 Å². The number of pyridine rings is 2. The minimum absolute atomic E-state index is 0.000720. The second-order valence-electron chi connectivity index (χ2n) is 10.4. The number of rotatable bonds is 5. The number of carbonyl (C=O) groups is 1. The highest BCUT2D eigenvalue weighted by atomic mass is 16.2. The largest absolute Gasteiger partial charge is 0.323 e. The fourth-order valence-corrected chi connectivity index (χ4v) is 6.23. The van der Waals surface area contributed by atoms with E-state index in [1.54, 1.807) is 6.20 Å². The number of fused-ring (bicyclic) bond motifs is 2. The molecule has 4 atom stereocenters. The Morgan fingerprint density at radius 3 is 2.86 bits per heavy atom. The molecular weight excluding hydrogens is 436 g/mol. The number of nitrogens with one attached hydrogen (secondary N) is 3. The average molecular weight is 471 g/mol. The number of piperidine rings is 1. The molecule has 2 aliphatic heterocycles. The van der Waals surface area contributed by atoms with Gasteiger partial charge in [-0.1, -0.05) is 30.7 Å². The predicted molar refractivity (Wildman–Crippen MR) is 138 cm³/mol. The monoisotopic (exact) mass is 470 g/mol. The minimum Gasteiger partial charge on any atom is -0.323 e. The van der Waals surface area contributed by atoms with E-state index < -0.39 is 0 Å². The van der Waals surface area contributed by atoms with E-state index in [4.69, 9.17) is 0 Å². The van der Waals surface area contributed by atoms with Gasteiger partial charge in [-0.05, 0) is 74.4 Å². The highest BCUT2D eigenvalue weighted by Crippen LogP contribution is 2.40. The molecule has 1 aromatic carbocycles. The van der Waals surface area contributed by atoms with Crippen molar-refractivity contribution in [2.75, 3.05) is 18.4 Å². The van der Waals surface area contributed by atoms with Crippen LogP contribution in [0.1, 0.15) is 55.6 Å². The van der Waals surface area contributed by atoms with E-state index in [2.05, 4.69) is 37.1 Å². The molecule has 1 saturated carbocycles. The molecule has 3 aromatic rings. The van der Waals surface area contributed by atoms with E-state index in [1.807, 2.05) is 42.7 Å². The number of anilines is 1. The number of amides is 1. The Kier molecular flexibility index (Phi) is 6.46. The van der Waals surface area contributed by atoms with Gasteiger partial charge in [-0.3, -0.25) is 25.1 Å². The first-order chi connectivity index (χ1) is 17.2. The van der Waals surface area contributed by atoms with Gasteiger partial charge in [0.05, 0.1) is 11.2 Å². The van der Waals surface area contributed by atoms with E-state index in [-0.39, 0.29) is 17.9 Å². The molecule has 7 nitrogen and oxygen atoms in total. The molecule has 3 aliphatic rings. The highest BCUT2D eigenvalue weighted by molar-refractivity contribution is 6.02. The number of hydrogen-bond donors (Lipinski definition) is 3. The smallest absolute Gasteiger partial charge is 0.243 e. The molecule has 4 unspecified atom stereocenters. The standard InChI is InChI=1S/C28H34N6O/c35-28(31-25-8-4-6-20-7-5-11-30-26(20)25)27-23-15-21(9-10-24(23)32-33-27)22-14-19(16-29-17-22)18-34-12-2-1-3-13-34/h4-8,11,14,16-17,21,23-24,27,32-33H,1-3,9-10,12-13,15,18H2,(H,31,35). The van der Waals surface area contributed by atoms with Gasteiger partial charge in [-0.2, -0.15) is 0 Å². The third-order valence-electron chi connectivity index (χ3n) is 8.07. The van der Waals surface area contributed by atoms with Crippen LogP contribution in [0.2, 0.25) is 0 Å². The molecule has 3 N–H and O–H groups in total. The van der Waals surface area contributed by atoms with Crippen LogP contribution >= 0.6 is 0 Å². The molecule has 0 radical (unpaired) electrons. The molecule has 3 fully saturated rings. The molecule has 0 bridgehead atoms. The number of nitrogens with zero attached hydrogens (tertiary/aromatic N) is 3. The summed E-state index contributed by atoms with van der Waals surface area (Å²) in [4.78, 5) is 25.0. The zero-order valence-corrected chi connectivity index (χ0v) is 20.1. The van der Waals surface area contributed by atoms with Crippen molar-refractivity contribution in [3.05, 3.63) is 66.1 Å². The Balaban J connectivity index is 1.15. The van der Waals surface area contributed by atoms with Crippen LogP contribution in [0.25, 0.3) is 10.9 Å². The van der Waals surface area contributed by atoms with Crippen molar-refractivity contribution in [1.29, 1.82) is 0 Å². The zero-order valence-electron chi connectivity index (χ0n) is 20.1. The molecule has 0 spiro atoms. The lowest BCUT2D eigenvalue weighted by atomic mass is 9.73. The van der Waals surface area contributed by atoms with Gasteiger partial charge in [0.15, 0.2) is 0 Å². The molecule has 7 heteroatoms. The molecule has 2 aromatic heterocycles. The van der Waals surface area contributed by atoms with Gasteiger partial charge in [0.2, 0.25) is 5.91 Å². The summed E-state index contributed by atoms with van der Waals surface area (Å²) in [5.41, 5.74) is 10.9. The summed E-state index contributed by atoms with van der Waals surface area (Å²) in [7, 11) is 0. The molecule has 2 saturated heterocycles. The fraction of sp³-hybridized carbons (Fsp3) is 0.464. The zero-order chi connectivity index (χ0) is 23.6. The van der Waals surface area contributed by atoms with Crippen LogP contribution in [-0.4, -0.2) is 45.9 Å². The van der Waals surface area contributed by atoms with Gasteiger partial charge in [0, 0.05) is 42.5 Å². The summed E-state index contributed by atoms with van der Waals surface area (Å²) in [6, 6.07) is 12.2. The summed E-state index contributed by atoms with van der Waals surface area (Å²) in [5, 5.41) is 4.17. The topological polar surface area (TPSA) is 82.2 Å². The van der Waals surface area contributed by atoms with Crippen molar-refractivity contribution in [2.24, 2.45) is 5.92 Å². The number of likely N-dealkylation sites (tertiary alicyclic amines) is 1. The van der Waals surface area contributed by atoms with Gasteiger partial charge >= 0.3 is 0 Å². The fourth-order valence-electron chi connectivity index (χ4n) is 6.23. The Labute approximate surface area is 206 Å². The van der Waals surface area contributed by atoms with Crippen LogP contribution < -0.4 is 16.2 Å². The second kappa shape index (κ2) is 10.0. The second-order valence-corrected chi connectivity index (χ2v) is 10.4. The number of para-hydroxylation sites is 1. The number of carbonyl (C=O) groups excluding carboxylic acids is 1. The van der Waals surface area contributed by atoms with E-state index in [9.17, 15) is 4.79 Å². The average Bonchev–Trinajstić information content (AvgIpc) is 3.33. The van der Waals surface area contributed by atoms with Crippen molar-refractivity contribution < 1.29 is 4.79 Å². The normalized spacial score (nSPS) is 27.0. The quantitative estimate of drug-likeness (QED) is 0.523. The number of hydrogen-bond acceptors (Lipinski definition) is 6. The van der Waals surface area contributed by atoms with Crippen molar-refractivity contribution >= 4 is 22.5 Å². The first kappa shape index (κ1) is 22.6. The van der Waals surface area contributed by atoms with Gasteiger partial charge < -0.3 is 5.32 Å². The van der Waals surface area contributed by atoms with E-state index in [0.717, 1.165) is 42.4 Å². The minimum atomic E-state index is -0.272. The highest BCUT2D eigenvalue weighted by Gasteiger charge is 2.44. The molecular formula is C28H34N6O. The van der Waals surface area contributed by atoms with Crippen LogP contribution in [0.3, 0.4) is 0 Å². The number of hydrazine groups is 1. The lowest BCUT2D eigenvalue weighted by Crippen LogP contribution is -2.42. The van der Waals surface area contributed by atoms with Crippen LogP contribution in [-0.2, 0) is 11.3 Å². The van der Waals surface area contributed by atoms with Gasteiger partial charge in [-0.25, -0.2) is 5.43 Å². The lowest BCUT2D eigenvalue weighted by Gasteiger charge is -2.33. The summed E-state index contributed by atoms with van der Waals surface area (Å²) < 4.78 is 0. The Morgan fingerprint density at radius 1 is 1.06 bits per heavy atom. The SMILES string of the molecule is O=C(Nc1cccc2cccnc12)C1NNC2CCC(c3cncc(CN4CCCCC4)c3)CC21. The van der Waals surface area contributed by atoms with Gasteiger partial charge in [-0.15, -0.1) is 0 Å². The van der Waals surface area contributed by atoms with Crippen LogP contribution in [0, 0.1) is 5.92 Å². The van der Waals surface area contributed by atoms with Crippen molar-refractivity contribution in [3.63, 3.8) is 0 Å². The van der Waals surface area contributed by atoms with Crippen LogP contribution in [0.4, 0.5) is 5.69 Å². The first-order valence-corrected chi connectivity index (χ1v) is 13.1. The van der Waals surface area contributed by atoms with Gasteiger partial charge in [0.25, 0.3) is 0 Å². The first-order valence-electron chi connectivity index (χ1n) is 13.1. The Bertz CT molecular complexity index is 1190. The molecule has 1 aliphatic carbocycles. The predicted octanol–water partition coefficient (Wildman–Crippen LogP) is 3.98. The molecule has 1 amide bonds. The molecule has 4 heterocycles. The summed E-state index contributed by atoms with van der Waals surface area (Å²) in [5.74, 6) is 0.671. The lowest BCUT2D eigenvalue weighted by molar-refractivity contribution is -0.119. The van der Waals surface area contributed by atoms with Crippen LogP contribution in [0.15, 0.2) is 55.0 Å². The number of aromatic nitrogens is 2. The summed E-state index contributed by atoms with van der Waals surface area (Å²) in [6.07, 6.45) is 12.9. The maximum Gasteiger partial charge on any atom is 0.243 e. The van der Waals surface area contributed by atoms with Crippen molar-refractivity contribution in [1.82, 2.24) is 25.7 Å². The van der Waals surface area contributed by atoms with Crippen molar-refractivity contribution in [3.8, 4) is 0 Å². The Morgan fingerprint density at radius 2 is 1.94 bits per heavy atom. The molecule has 6 rings (SSSR count). The summed E-state index contributed by atoms with van der Waals surface area (Å²) >= 11 is 0. The van der Waals surface area contributed by atoms with E-state index in [0.29, 0.717) is 12.0 Å². The molecule has 35 heavy (non-hydrogen) atoms. The maximum atomic E-state index is 13.4.